The summed E-state index contributed by atoms with van der Waals surface area (Å²) in [5.41, 5.74) is 1.60. The topological polar surface area (TPSA) is 54.6 Å². The second-order valence-corrected chi connectivity index (χ2v) is 3.38. The third-order valence-electron chi connectivity index (χ3n) is 2.57. The maximum atomic E-state index is 9.72. The molecular formula is C10H13NO3. The van der Waals surface area contributed by atoms with Crippen molar-refractivity contribution < 1.29 is 15.1 Å². The summed E-state index contributed by atoms with van der Waals surface area (Å²) in [5, 5.41) is 19.4. The number of aromatic hydroxyl groups is 2. The zero-order valence-corrected chi connectivity index (χ0v) is 7.86. The first-order valence-corrected chi connectivity index (χ1v) is 4.68. The Balaban J connectivity index is 2.51. The minimum atomic E-state index is -0.00269. The van der Waals surface area contributed by atoms with Gasteiger partial charge in [0.2, 0.25) is 11.8 Å². The van der Waals surface area contributed by atoms with Gasteiger partial charge in [-0.3, -0.25) is 0 Å². The summed E-state index contributed by atoms with van der Waals surface area (Å²) in [5.74, 6) is -0.00537. The highest BCUT2D eigenvalue weighted by Crippen LogP contribution is 2.37. The summed E-state index contributed by atoms with van der Waals surface area (Å²) in [7, 11) is 0. The van der Waals surface area contributed by atoms with Crippen LogP contribution < -0.4 is 4.84 Å². The molecular weight excluding hydrogens is 182 g/mol. The first-order valence-electron chi connectivity index (χ1n) is 4.68. The first kappa shape index (κ1) is 8.99. The van der Waals surface area contributed by atoms with E-state index in [1.165, 1.54) is 6.26 Å². The van der Waals surface area contributed by atoms with E-state index in [4.69, 9.17) is 4.84 Å². The van der Waals surface area contributed by atoms with Gasteiger partial charge in [0.05, 0.1) is 0 Å². The van der Waals surface area contributed by atoms with E-state index in [-0.39, 0.29) is 11.8 Å². The molecule has 0 fully saturated rings. The van der Waals surface area contributed by atoms with E-state index in [0.29, 0.717) is 0 Å². The molecule has 0 aromatic carbocycles. The van der Waals surface area contributed by atoms with Gasteiger partial charge in [-0.25, -0.2) is 0 Å². The Morgan fingerprint density at radius 2 is 1.64 bits per heavy atom. The number of hydrogen-bond donors (Lipinski definition) is 2. The van der Waals surface area contributed by atoms with Crippen molar-refractivity contribution in [1.29, 1.82) is 0 Å². The van der Waals surface area contributed by atoms with Gasteiger partial charge < -0.3 is 15.1 Å². The maximum Gasteiger partial charge on any atom is 0.233 e. The fraction of sp³-hybridized carbons (Fsp3) is 0.400. The zero-order valence-electron chi connectivity index (χ0n) is 7.86. The summed E-state index contributed by atoms with van der Waals surface area (Å²) in [6.45, 7) is 3.38. The SMILES string of the molecule is C=COn1c(O)c2c(c1O)CCCC2. The lowest BCUT2D eigenvalue weighted by molar-refractivity contribution is 0.153. The molecule has 0 saturated carbocycles. The van der Waals surface area contributed by atoms with E-state index in [2.05, 4.69) is 6.58 Å². The van der Waals surface area contributed by atoms with Gasteiger partial charge in [0.1, 0.15) is 6.26 Å². The van der Waals surface area contributed by atoms with E-state index < -0.39 is 0 Å². The average molecular weight is 195 g/mol. The third-order valence-corrected chi connectivity index (χ3v) is 2.57. The molecule has 1 aliphatic rings. The average Bonchev–Trinajstić information content (AvgIpc) is 2.45. The number of nitrogens with zero attached hydrogens (tertiary/aromatic N) is 1. The van der Waals surface area contributed by atoms with Crippen LogP contribution in [0.1, 0.15) is 24.0 Å². The summed E-state index contributed by atoms with van der Waals surface area (Å²) in [6.07, 6.45) is 4.84. The molecule has 14 heavy (non-hydrogen) atoms. The van der Waals surface area contributed by atoms with Gasteiger partial charge in [0.15, 0.2) is 0 Å². The Morgan fingerprint density at radius 3 is 2.07 bits per heavy atom. The molecule has 0 bridgehead atoms. The van der Waals surface area contributed by atoms with Gasteiger partial charge in [-0.15, -0.1) is 4.73 Å². The van der Waals surface area contributed by atoms with E-state index in [1.54, 1.807) is 0 Å². The molecule has 1 heterocycles. The molecule has 0 aliphatic heterocycles. The van der Waals surface area contributed by atoms with Crippen molar-refractivity contribution in [2.24, 2.45) is 0 Å². The van der Waals surface area contributed by atoms with Crippen molar-refractivity contribution in [3.05, 3.63) is 24.0 Å². The van der Waals surface area contributed by atoms with Crippen LogP contribution in [0.5, 0.6) is 11.8 Å². The third kappa shape index (κ3) is 1.14. The van der Waals surface area contributed by atoms with Crippen molar-refractivity contribution in [1.82, 2.24) is 4.73 Å². The van der Waals surface area contributed by atoms with Crippen LogP contribution in [0.2, 0.25) is 0 Å². The molecule has 4 heteroatoms. The van der Waals surface area contributed by atoms with Crippen LogP contribution in [0.3, 0.4) is 0 Å². The van der Waals surface area contributed by atoms with Crippen LogP contribution in [0.4, 0.5) is 0 Å². The van der Waals surface area contributed by atoms with E-state index in [1.807, 2.05) is 0 Å². The summed E-state index contributed by atoms with van der Waals surface area (Å²) >= 11 is 0. The van der Waals surface area contributed by atoms with Crippen LogP contribution in [0.25, 0.3) is 0 Å². The molecule has 1 aliphatic carbocycles. The first-order chi connectivity index (χ1) is 6.75. The fourth-order valence-corrected chi connectivity index (χ4v) is 1.92. The smallest absolute Gasteiger partial charge is 0.233 e. The predicted molar refractivity (Wildman–Crippen MR) is 51.2 cm³/mol. The van der Waals surface area contributed by atoms with E-state index >= 15 is 0 Å². The van der Waals surface area contributed by atoms with Gasteiger partial charge in [-0.2, -0.15) is 0 Å². The van der Waals surface area contributed by atoms with Gasteiger partial charge >= 0.3 is 0 Å². The second-order valence-electron chi connectivity index (χ2n) is 3.38. The molecule has 76 valence electrons. The van der Waals surface area contributed by atoms with Gasteiger partial charge in [-0.1, -0.05) is 6.58 Å². The fourth-order valence-electron chi connectivity index (χ4n) is 1.92. The highest BCUT2D eigenvalue weighted by Gasteiger charge is 2.24. The highest BCUT2D eigenvalue weighted by atomic mass is 16.7. The van der Waals surface area contributed by atoms with Crippen molar-refractivity contribution in [2.45, 2.75) is 25.7 Å². The largest absolute Gasteiger partial charge is 0.492 e. The Bertz CT molecular complexity index is 338. The van der Waals surface area contributed by atoms with Crippen molar-refractivity contribution >= 4 is 0 Å². The lowest BCUT2D eigenvalue weighted by Crippen LogP contribution is -2.02. The minimum absolute atomic E-state index is 0.00269. The highest BCUT2D eigenvalue weighted by molar-refractivity contribution is 5.45. The molecule has 4 nitrogen and oxygen atoms in total. The standard InChI is InChI=1S/C10H13NO3/c1-2-14-11-9(12)7-5-3-4-6-8(7)10(11)13/h2,12-13H,1,3-6H2. The molecule has 0 radical (unpaired) electrons. The Labute approximate surface area is 82.0 Å². The van der Waals surface area contributed by atoms with Crippen LogP contribution >= 0.6 is 0 Å². The van der Waals surface area contributed by atoms with Crippen molar-refractivity contribution in [3.8, 4) is 11.8 Å². The van der Waals surface area contributed by atoms with Gasteiger partial charge in [-0.05, 0) is 25.7 Å². The maximum absolute atomic E-state index is 9.72. The van der Waals surface area contributed by atoms with Gasteiger partial charge in [0.25, 0.3) is 0 Å². The monoisotopic (exact) mass is 195 g/mol. The lowest BCUT2D eigenvalue weighted by atomic mass is 9.95. The van der Waals surface area contributed by atoms with Crippen LogP contribution in [0, 0.1) is 0 Å². The van der Waals surface area contributed by atoms with Crippen molar-refractivity contribution in [3.63, 3.8) is 0 Å². The summed E-state index contributed by atoms with van der Waals surface area (Å²) < 4.78 is 1.02. The molecule has 1 aromatic rings. The Kier molecular flexibility index (Phi) is 2.11. The lowest BCUT2D eigenvalue weighted by Gasteiger charge is -2.09. The quantitative estimate of drug-likeness (QED) is 0.700. The normalized spacial score (nSPS) is 14.9. The minimum Gasteiger partial charge on any atom is -0.492 e. The predicted octanol–water partition coefficient (Wildman–Crippen LogP) is 1.35. The molecule has 0 atom stereocenters. The van der Waals surface area contributed by atoms with Crippen molar-refractivity contribution in [2.75, 3.05) is 0 Å². The Morgan fingerprint density at radius 1 is 1.14 bits per heavy atom. The zero-order chi connectivity index (χ0) is 10.1. The molecule has 0 amide bonds. The molecule has 2 rings (SSSR count). The van der Waals surface area contributed by atoms with Crippen LogP contribution in [-0.4, -0.2) is 14.9 Å². The summed E-state index contributed by atoms with van der Waals surface area (Å²) in [4.78, 5) is 4.90. The number of aromatic nitrogens is 1. The molecule has 0 unspecified atom stereocenters. The second kappa shape index (κ2) is 3.29. The van der Waals surface area contributed by atoms with Crippen LogP contribution in [0.15, 0.2) is 12.8 Å². The van der Waals surface area contributed by atoms with Crippen LogP contribution in [-0.2, 0) is 12.8 Å². The molecule has 0 spiro atoms. The Hall–Kier alpha value is -1.58. The van der Waals surface area contributed by atoms with E-state index in [9.17, 15) is 10.2 Å². The number of rotatable bonds is 2. The van der Waals surface area contributed by atoms with Gasteiger partial charge in [0, 0.05) is 11.1 Å². The summed E-state index contributed by atoms with van der Waals surface area (Å²) in [6, 6.07) is 0. The molecule has 0 saturated heterocycles. The van der Waals surface area contributed by atoms with E-state index in [0.717, 1.165) is 41.5 Å². The molecule has 2 N–H and O–H groups in total. The number of hydrogen-bond acceptors (Lipinski definition) is 3. The molecule has 1 aromatic heterocycles. The number of fused-ring (bicyclic) bond motifs is 1.